The van der Waals surface area contributed by atoms with Gasteiger partial charge >= 0.3 is 0 Å². The number of guanidine groups is 1. The molecule has 0 spiro atoms. The van der Waals surface area contributed by atoms with Crippen molar-refractivity contribution in [3.63, 3.8) is 0 Å². The standard InChI is InChI=1S/C9H15N5.HI/c1-2-5-11-9(10-4-1)12-7-8-3-6-13-14-8;/h3,6H,1-2,4-5,7H2,(H,13,14)(H2,10,11,12);1H. The number of rotatable bonds is 2. The number of hydrogen-bond donors (Lipinski definition) is 3. The quantitative estimate of drug-likeness (QED) is 0.708. The highest BCUT2D eigenvalue weighted by Crippen LogP contribution is 1.94. The van der Waals surface area contributed by atoms with Gasteiger partial charge in [-0.3, -0.25) is 10.1 Å². The molecular weight excluding hydrogens is 305 g/mol. The van der Waals surface area contributed by atoms with E-state index in [1.54, 1.807) is 6.20 Å². The fourth-order valence-electron chi connectivity index (χ4n) is 1.37. The van der Waals surface area contributed by atoms with Crippen LogP contribution in [0.2, 0.25) is 0 Å². The van der Waals surface area contributed by atoms with Gasteiger partial charge in [-0.1, -0.05) is 0 Å². The molecule has 0 saturated heterocycles. The highest BCUT2D eigenvalue weighted by atomic mass is 127. The van der Waals surface area contributed by atoms with Gasteiger partial charge in [-0.2, -0.15) is 5.10 Å². The van der Waals surface area contributed by atoms with Gasteiger partial charge < -0.3 is 10.6 Å². The van der Waals surface area contributed by atoms with E-state index in [9.17, 15) is 0 Å². The molecule has 6 heteroatoms. The Balaban J connectivity index is 0.00000112. The molecule has 15 heavy (non-hydrogen) atoms. The number of halogens is 1. The minimum Gasteiger partial charge on any atom is -0.356 e. The lowest BCUT2D eigenvalue weighted by atomic mass is 10.3. The van der Waals surface area contributed by atoms with Gasteiger partial charge in [-0.25, -0.2) is 0 Å². The third-order valence-electron chi connectivity index (χ3n) is 2.15. The van der Waals surface area contributed by atoms with Crippen LogP contribution in [0.1, 0.15) is 18.5 Å². The number of aromatic nitrogens is 2. The maximum absolute atomic E-state index is 4.38. The first-order chi connectivity index (χ1) is 6.95. The van der Waals surface area contributed by atoms with Crippen LogP contribution in [-0.2, 0) is 6.54 Å². The second-order valence-corrected chi connectivity index (χ2v) is 3.30. The van der Waals surface area contributed by atoms with Crippen molar-refractivity contribution in [3.05, 3.63) is 18.0 Å². The van der Waals surface area contributed by atoms with E-state index in [2.05, 4.69) is 25.8 Å². The summed E-state index contributed by atoms with van der Waals surface area (Å²) in [5, 5.41) is 13.3. The fourth-order valence-corrected chi connectivity index (χ4v) is 1.37. The molecule has 1 aromatic heterocycles. The van der Waals surface area contributed by atoms with Crippen molar-refractivity contribution in [2.75, 3.05) is 13.1 Å². The molecule has 0 atom stereocenters. The minimum absolute atomic E-state index is 0. The first-order valence-corrected chi connectivity index (χ1v) is 4.95. The molecule has 0 aromatic carbocycles. The van der Waals surface area contributed by atoms with Crippen molar-refractivity contribution in [1.29, 1.82) is 0 Å². The van der Waals surface area contributed by atoms with Crippen molar-refractivity contribution in [3.8, 4) is 0 Å². The molecule has 0 fully saturated rings. The van der Waals surface area contributed by atoms with Crippen LogP contribution in [0.4, 0.5) is 0 Å². The average Bonchev–Trinajstić information content (AvgIpc) is 2.58. The second kappa shape index (κ2) is 6.65. The SMILES string of the molecule is I.c1cc(CNC2=NCCCCN2)[nH]n1. The van der Waals surface area contributed by atoms with Gasteiger partial charge in [-0.15, -0.1) is 24.0 Å². The van der Waals surface area contributed by atoms with Gasteiger partial charge in [0, 0.05) is 19.3 Å². The van der Waals surface area contributed by atoms with Gasteiger partial charge in [0.2, 0.25) is 0 Å². The van der Waals surface area contributed by atoms with Crippen LogP contribution in [0.25, 0.3) is 0 Å². The third-order valence-corrected chi connectivity index (χ3v) is 2.15. The number of aromatic amines is 1. The van der Waals surface area contributed by atoms with Crippen molar-refractivity contribution >= 4 is 29.9 Å². The summed E-state index contributed by atoms with van der Waals surface area (Å²) in [6.07, 6.45) is 4.11. The van der Waals surface area contributed by atoms with E-state index >= 15 is 0 Å². The summed E-state index contributed by atoms with van der Waals surface area (Å²) in [5.41, 5.74) is 1.07. The van der Waals surface area contributed by atoms with E-state index in [0.717, 1.165) is 31.3 Å². The van der Waals surface area contributed by atoms with Gasteiger partial charge in [0.05, 0.1) is 12.2 Å². The Morgan fingerprint density at radius 1 is 1.40 bits per heavy atom. The van der Waals surface area contributed by atoms with Crippen LogP contribution in [0, 0.1) is 0 Å². The van der Waals surface area contributed by atoms with Crippen molar-refractivity contribution in [2.45, 2.75) is 19.4 Å². The van der Waals surface area contributed by atoms with Crippen LogP contribution >= 0.6 is 24.0 Å². The van der Waals surface area contributed by atoms with Gasteiger partial charge in [-0.05, 0) is 18.9 Å². The number of nitrogens with one attached hydrogen (secondary N) is 3. The molecule has 1 aliphatic heterocycles. The topological polar surface area (TPSA) is 65.1 Å². The van der Waals surface area contributed by atoms with E-state index < -0.39 is 0 Å². The van der Waals surface area contributed by atoms with Crippen LogP contribution in [0.15, 0.2) is 17.3 Å². The average molecular weight is 321 g/mol. The fraction of sp³-hybridized carbons (Fsp3) is 0.556. The zero-order valence-corrected chi connectivity index (χ0v) is 10.8. The summed E-state index contributed by atoms with van der Waals surface area (Å²) in [4.78, 5) is 4.38. The Hall–Kier alpha value is -0.790. The van der Waals surface area contributed by atoms with Crippen LogP contribution in [-0.4, -0.2) is 29.2 Å². The molecule has 0 bridgehead atoms. The Morgan fingerprint density at radius 2 is 2.33 bits per heavy atom. The Labute approximate surface area is 106 Å². The molecule has 2 rings (SSSR count). The van der Waals surface area contributed by atoms with Gasteiger partial charge in [0.1, 0.15) is 0 Å². The molecule has 1 aliphatic rings. The lowest BCUT2D eigenvalue weighted by Crippen LogP contribution is -2.36. The van der Waals surface area contributed by atoms with Crippen molar-refractivity contribution in [2.24, 2.45) is 4.99 Å². The summed E-state index contributed by atoms with van der Waals surface area (Å²) in [6.45, 7) is 2.67. The maximum Gasteiger partial charge on any atom is 0.191 e. The Kier molecular flexibility index (Phi) is 5.44. The summed E-state index contributed by atoms with van der Waals surface area (Å²) < 4.78 is 0. The smallest absolute Gasteiger partial charge is 0.191 e. The lowest BCUT2D eigenvalue weighted by Gasteiger charge is -2.08. The Morgan fingerprint density at radius 3 is 3.13 bits per heavy atom. The van der Waals surface area contributed by atoms with E-state index in [1.165, 1.54) is 12.8 Å². The summed E-state index contributed by atoms with van der Waals surface area (Å²) in [7, 11) is 0. The minimum atomic E-state index is 0. The number of nitrogens with zero attached hydrogens (tertiary/aromatic N) is 2. The second-order valence-electron chi connectivity index (χ2n) is 3.30. The van der Waals surface area contributed by atoms with E-state index in [-0.39, 0.29) is 24.0 Å². The van der Waals surface area contributed by atoms with Crippen LogP contribution in [0.3, 0.4) is 0 Å². The highest BCUT2D eigenvalue weighted by Gasteiger charge is 2.02. The molecule has 0 amide bonds. The summed E-state index contributed by atoms with van der Waals surface area (Å²) in [5.74, 6) is 0.900. The molecule has 2 heterocycles. The predicted molar refractivity (Wildman–Crippen MR) is 70.4 cm³/mol. The first-order valence-electron chi connectivity index (χ1n) is 4.95. The molecule has 5 nitrogen and oxygen atoms in total. The zero-order valence-electron chi connectivity index (χ0n) is 8.49. The molecule has 3 N–H and O–H groups in total. The van der Waals surface area contributed by atoms with Crippen molar-refractivity contribution < 1.29 is 0 Å². The molecule has 0 radical (unpaired) electrons. The van der Waals surface area contributed by atoms with Crippen molar-refractivity contribution in [1.82, 2.24) is 20.8 Å². The molecule has 0 aliphatic carbocycles. The lowest BCUT2D eigenvalue weighted by molar-refractivity contribution is 0.740. The third kappa shape index (κ3) is 4.06. The number of hydrogen-bond acceptors (Lipinski definition) is 4. The van der Waals surface area contributed by atoms with Crippen LogP contribution in [0.5, 0.6) is 0 Å². The van der Waals surface area contributed by atoms with Crippen LogP contribution < -0.4 is 10.6 Å². The molecule has 84 valence electrons. The highest BCUT2D eigenvalue weighted by molar-refractivity contribution is 14.0. The maximum atomic E-state index is 4.38. The first kappa shape index (κ1) is 12.3. The predicted octanol–water partition coefficient (Wildman–Crippen LogP) is 0.857. The monoisotopic (exact) mass is 321 g/mol. The largest absolute Gasteiger partial charge is 0.356 e. The molecule has 0 saturated carbocycles. The van der Waals surface area contributed by atoms with Gasteiger partial charge in [0.25, 0.3) is 0 Å². The summed E-state index contributed by atoms with van der Waals surface area (Å²) >= 11 is 0. The van der Waals surface area contributed by atoms with E-state index in [1.807, 2.05) is 6.07 Å². The normalized spacial score (nSPS) is 15.6. The molecular formula is C9H16IN5. The molecule has 1 aromatic rings. The zero-order chi connectivity index (χ0) is 9.64. The van der Waals surface area contributed by atoms with E-state index in [0.29, 0.717) is 0 Å². The Bertz CT molecular complexity index is 295. The van der Waals surface area contributed by atoms with Gasteiger partial charge in [0.15, 0.2) is 5.96 Å². The summed E-state index contributed by atoms with van der Waals surface area (Å²) in [6, 6.07) is 1.95. The molecule has 0 unspecified atom stereocenters. The number of aliphatic imine (C=N–C) groups is 1. The van der Waals surface area contributed by atoms with E-state index in [4.69, 9.17) is 0 Å². The number of H-pyrrole nitrogens is 1.